The maximum atomic E-state index is 12.2. The number of nitro groups is 2. The zero-order valence-corrected chi connectivity index (χ0v) is 22.5. The average Bonchev–Trinajstić information content (AvgIpc) is 3.68. The lowest BCUT2D eigenvalue weighted by molar-refractivity contribution is -0.385. The zero-order valence-electron chi connectivity index (χ0n) is 22.5. The number of nitrogens with zero attached hydrogens (tertiary/aromatic N) is 4. The minimum atomic E-state index is -1.42. The number of amides is 1. The van der Waals surface area contributed by atoms with Gasteiger partial charge in [-0.1, -0.05) is 19.1 Å². The van der Waals surface area contributed by atoms with Gasteiger partial charge in [-0.15, -0.1) is 0 Å². The van der Waals surface area contributed by atoms with E-state index in [1.54, 1.807) is 12.1 Å². The van der Waals surface area contributed by atoms with E-state index in [1.807, 2.05) is 6.92 Å². The molecule has 0 aliphatic rings. The molecule has 2 aromatic carbocycles. The minimum Gasteiger partial charge on any atom is -0.480 e. The fraction of sp³-hybridized carbons (Fsp3) is 0.208. The van der Waals surface area contributed by atoms with Gasteiger partial charge in [0.1, 0.15) is 29.8 Å². The van der Waals surface area contributed by atoms with Crippen molar-refractivity contribution in [2.75, 3.05) is 22.5 Å². The van der Waals surface area contributed by atoms with Crippen LogP contribution in [0.3, 0.4) is 0 Å². The number of H-pyrrole nitrogens is 2. The van der Waals surface area contributed by atoms with E-state index in [4.69, 9.17) is 5.11 Å². The number of carboxylic acid groups (broad SMARTS) is 2. The summed E-state index contributed by atoms with van der Waals surface area (Å²) in [5, 5.41) is 57.9. The molecular weight excluding hydrogens is 590 g/mol. The molecule has 0 saturated carbocycles. The highest BCUT2D eigenvalue weighted by Gasteiger charge is 2.27. The van der Waals surface area contributed by atoms with Crippen molar-refractivity contribution >= 4 is 46.3 Å². The van der Waals surface area contributed by atoms with Gasteiger partial charge in [-0.25, -0.2) is 9.59 Å². The van der Waals surface area contributed by atoms with E-state index in [0.29, 0.717) is 17.8 Å². The summed E-state index contributed by atoms with van der Waals surface area (Å²) in [6.45, 7) is 2.35. The Hall–Kier alpha value is -6.47. The summed E-state index contributed by atoms with van der Waals surface area (Å²) in [5.74, 6) is -3.42. The molecule has 0 aliphatic carbocycles. The molecule has 4 rings (SSSR count). The second-order valence-corrected chi connectivity index (χ2v) is 8.78. The van der Waals surface area contributed by atoms with Crippen molar-refractivity contribution in [3.63, 3.8) is 0 Å². The standard InChI is InChI=1S/C20H20N6O7.C4H3N3O4/c1-2-7-21-15-16(18(28)17(15)27)24-12(20(30)31)8-10-3-5-11(6-4-10)23-19(29)14-13(26(32)33)9-22-25-14;8-4(9)3-2(7(10)11)1-5-6-3/h3-6,9,12,21,24H,2,7-8H2,1H3,(H,22,25)(H,23,29)(H,30,31);1H,(H,5,6)(H,8,9)/t12-;/m0./s1. The summed E-state index contributed by atoms with van der Waals surface area (Å²) in [7, 11) is 0. The van der Waals surface area contributed by atoms with Crippen molar-refractivity contribution in [1.29, 1.82) is 0 Å². The predicted octanol–water partition coefficient (Wildman–Crippen LogP) is 1.11. The first-order valence-electron chi connectivity index (χ1n) is 12.4. The van der Waals surface area contributed by atoms with Crippen molar-refractivity contribution in [1.82, 2.24) is 20.4 Å². The third-order valence-electron chi connectivity index (χ3n) is 5.78. The summed E-state index contributed by atoms with van der Waals surface area (Å²) in [6.07, 6.45) is 2.62. The quantitative estimate of drug-likeness (QED) is 0.0631. The Bertz CT molecular complexity index is 1740. The van der Waals surface area contributed by atoms with Crippen molar-refractivity contribution < 1.29 is 34.4 Å². The van der Waals surface area contributed by atoms with E-state index in [9.17, 15) is 49.3 Å². The Balaban J connectivity index is 0.000000404. The Morgan fingerprint density at radius 2 is 1.45 bits per heavy atom. The molecule has 230 valence electrons. The molecule has 0 saturated heterocycles. The average molecular weight is 614 g/mol. The van der Waals surface area contributed by atoms with Crippen molar-refractivity contribution in [3.05, 3.63) is 94.3 Å². The normalized spacial score (nSPS) is 11.1. The number of benzene rings is 1. The largest absolute Gasteiger partial charge is 0.480 e. The summed E-state index contributed by atoms with van der Waals surface area (Å²) in [5.41, 5.74) is -2.49. The molecule has 0 radical (unpaired) electrons. The molecule has 2 aromatic heterocycles. The third kappa shape index (κ3) is 7.43. The van der Waals surface area contributed by atoms with E-state index in [1.165, 1.54) is 12.1 Å². The van der Waals surface area contributed by atoms with Crippen LogP contribution in [0.2, 0.25) is 0 Å². The van der Waals surface area contributed by atoms with Gasteiger partial charge in [-0.3, -0.25) is 44.8 Å². The number of aromatic nitrogens is 4. The summed E-state index contributed by atoms with van der Waals surface area (Å²) in [4.78, 5) is 77.1. The number of carbonyl (C=O) groups is 3. The van der Waals surface area contributed by atoms with Gasteiger partial charge in [0, 0.05) is 18.7 Å². The fourth-order valence-corrected chi connectivity index (χ4v) is 3.64. The predicted molar refractivity (Wildman–Crippen MR) is 151 cm³/mol. The monoisotopic (exact) mass is 613 g/mol. The highest BCUT2D eigenvalue weighted by Crippen LogP contribution is 2.20. The van der Waals surface area contributed by atoms with Gasteiger partial charge in [0.15, 0.2) is 0 Å². The summed E-state index contributed by atoms with van der Waals surface area (Å²) < 4.78 is 0. The third-order valence-corrected chi connectivity index (χ3v) is 5.78. The molecule has 4 aromatic rings. The molecule has 0 spiro atoms. The van der Waals surface area contributed by atoms with Gasteiger partial charge < -0.3 is 26.2 Å². The molecule has 7 N–H and O–H groups in total. The number of hydrogen-bond donors (Lipinski definition) is 7. The number of aromatic carboxylic acids is 1. The van der Waals surface area contributed by atoms with Crippen molar-refractivity contribution in [2.24, 2.45) is 0 Å². The zero-order chi connectivity index (χ0) is 32.6. The number of nitrogens with one attached hydrogen (secondary N) is 5. The minimum absolute atomic E-state index is 0.0135. The van der Waals surface area contributed by atoms with E-state index in [0.717, 1.165) is 18.8 Å². The van der Waals surface area contributed by atoms with Crippen molar-refractivity contribution in [2.45, 2.75) is 25.8 Å². The van der Waals surface area contributed by atoms with Gasteiger partial charge in [-0.05, 0) is 24.1 Å². The van der Waals surface area contributed by atoms with Crippen LogP contribution in [0.4, 0.5) is 28.4 Å². The Kier molecular flexibility index (Phi) is 10.1. The first-order valence-corrected chi connectivity index (χ1v) is 12.4. The van der Waals surface area contributed by atoms with Crippen LogP contribution in [0.25, 0.3) is 0 Å². The fourth-order valence-electron chi connectivity index (χ4n) is 3.64. The SMILES string of the molecule is CCCNc1c(N[C@@H](Cc2ccc(NC(=O)c3n[nH]cc3[N+](=O)[O-])cc2)C(=O)O)c(=O)c1=O.O=C(O)c1n[nH]cc1[N+](=O)[O-]. The van der Waals surface area contributed by atoms with E-state index in [2.05, 4.69) is 36.3 Å². The molecule has 0 unspecified atom stereocenters. The highest BCUT2D eigenvalue weighted by molar-refractivity contribution is 6.05. The second kappa shape index (κ2) is 13.9. The summed E-state index contributed by atoms with van der Waals surface area (Å²) >= 11 is 0. The molecule has 2 heterocycles. The molecule has 20 nitrogen and oxygen atoms in total. The maximum Gasteiger partial charge on any atom is 0.363 e. The lowest BCUT2D eigenvalue weighted by Crippen LogP contribution is -2.42. The number of rotatable bonds is 13. The molecule has 1 atom stereocenters. The van der Waals surface area contributed by atoms with Crippen LogP contribution in [-0.2, 0) is 11.2 Å². The number of aromatic amines is 2. The van der Waals surface area contributed by atoms with Gasteiger partial charge in [0.25, 0.3) is 16.8 Å². The van der Waals surface area contributed by atoms with Crippen LogP contribution in [-0.4, -0.2) is 70.9 Å². The first kappa shape index (κ1) is 32.0. The van der Waals surface area contributed by atoms with Gasteiger partial charge in [0.2, 0.25) is 11.4 Å². The first-order chi connectivity index (χ1) is 20.8. The molecule has 0 fully saturated rings. The molecule has 0 aliphatic heterocycles. The number of carboxylic acids is 2. The van der Waals surface area contributed by atoms with Gasteiger partial charge in [0.05, 0.1) is 9.85 Å². The van der Waals surface area contributed by atoms with Crippen LogP contribution < -0.4 is 26.8 Å². The smallest absolute Gasteiger partial charge is 0.363 e. The molecule has 44 heavy (non-hydrogen) atoms. The lowest BCUT2D eigenvalue weighted by atomic mass is 10.0. The number of carbonyl (C=O) groups excluding carboxylic acids is 1. The Labute approximate surface area is 244 Å². The van der Waals surface area contributed by atoms with E-state index in [-0.39, 0.29) is 23.5 Å². The van der Waals surface area contributed by atoms with Crippen LogP contribution in [0.15, 0.2) is 46.2 Å². The number of aliphatic carboxylic acids is 1. The summed E-state index contributed by atoms with van der Waals surface area (Å²) in [6, 6.07) is 4.93. The topological polar surface area (TPSA) is 306 Å². The molecule has 0 bridgehead atoms. The highest BCUT2D eigenvalue weighted by atomic mass is 16.6. The van der Waals surface area contributed by atoms with E-state index >= 15 is 0 Å². The van der Waals surface area contributed by atoms with Gasteiger partial charge in [-0.2, -0.15) is 10.2 Å². The van der Waals surface area contributed by atoms with Crippen molar-refractivity contribution in [3.8, 4) is 0 Å². The number of anilines is 3. The molecular formula is C24H23N9O11. The second-order valence-electron chi connectivity index (χ2n) is 8.78. The van der Waals surface area contributed by atoms with Crippen LogP contribution >= 0.6 is 0 Å². The van der Waals surface area contributed by atoms with Gasteiger partial charge >= 0.3 is 23.3 Å². The van der Waals surface area contributed by atoms with E-state index < -0.39 is 61.7 Å². The lowest BCUT2D eigenvalue weighted by Gasteiger charge is -2.20. The maximum absolute atomic E-state index is 12.2. The Morgan fingerprint density at radius 3 is 1.95 bits per heavy atom. The molecule has 20 heteroatoms. The van der Waals surface area contributed by atoms with Crippen LogP contribution in [0.1, 0.15) is 39.9 Å². The van der Waals surface area contributed by atoms with Crippen LogP contribution in [0.5, 0.6) is 0 Å². The number of hydrogen-bond acceptors (Lipinski definition) is 13. The Morgan fingerprint density at radius 1 is 0.909 bits per heavy atom. The van der Waals surface area contributed by atoms with Crippen LogP contribution in [0, 0.1) is 20.2 Å². The molecule has 1 amide bonds.